The first-order chi connectivity index (χ1) is 20.7. The van der Waals surface area contributed by atoms with Crippen LogP contribution in [0.15, 0.2) is 114 Å². The third kappa shape index (κ3) is 8.60. The van der Waals surface area contributed by atoms with Crippen molar-refractivity contribution in [2.75, 3.05) is 17.4 Å². The molecule has 2 amide bonds. The van der Waals surface area contributed by atoms with Crippen molar-refractivity contribution in [2.24, 2.45) is 0 Å². The van der Waals surface area contributed by atoms with E-state index in [1.54, 1.807) is 60.7 Å². The van der Waals surface area contributed by atoms with E-state index in [0.717, 1.165) is 15.4 Å². The molecule has 0 unspecified atom stereocenters. The van der Waals surface area contributed by atoms with E-state index in [1.165, 1.54) is 23.1 Å². The van der Waals surface area contributed by atoms with Crippen molar-refractivity contribution in [1.82, 2.24) is 10.2 Å². The van der Waals surface area contributed by atoms with Crippen molar-refractivity contribution in [1.29, 1.82) is 0 Å². The van der Waals surface area contributed by atoms with Crippen LogP contribution in [0, 0.1) is 0 Å². The molecule has 0 fully saturated rings. The molecule has 7 nitrogen and oxygen atoms in total. The number of hydrogen-bond acceptors (Lipinski definition) is 4. The molecule has 1 N–H and O–H groups in total. The Morgan fingerprint density at radius 2 is 1.44 bits per heavy atom. The molecular formula is C33H33Cl2N3O4S. The Balaban J connectivity index is 1.78. The van der Waals surface area contributed by atoms with Crippen molar-refractivity contribution in [3.63, 3.8) is 0 Å². The Hall–Kier alpha value is -3.85. The molecule has 4 aromatic rings. The topological polar surface area (TPSA) is 86.8 Å². The van der Waals surface area contributed by atoms with Crippen LogP contribution in [-0.4, -0.2) is 44.3 Å². The lowest BCUT2D eigenvalue weighted by Gasteiger charge is -2.34. The van der Waals surface area contributed by atoms with Gasteiger partial charge in [-0.1, -0.05) is 96.9 Å². The summed E-state index contributed by atoms with van der Waals surface area (Å²) in [7, 11) is -4.19. The largest absolute Gasteiger partial charge is 0.354 e. The normalized spacial score (nSPS) is 11.9. The van der Waals surface area contributed by atoms with Gasteiger partial charge in [-0.3, -0.25) is 13.9 Å². The van der Waals surface area contributed by atoms with Crippen molar-refractivity contribution >= 4 is 50.7 Å². The van der Waals surface area contributed by atoms with Crippen molar-refractivity contribution in [2.45, 2.75) is 37.2 Å². The molecule has 0 aliphatic rings. The standard InChI is InChI=1S/C33H33Cl2N3O4S/c1-2-20-36-33(40)31(21-25-10-5-3-6-11-25)37(23-26-16-18-27(34)19-17-26)32(39)24-38(29-13-9-12-28(35)22-29)43(41,42)30-14-7-4-8-15-30/h3-19,22,31H,2,20-21,23-24H2,1H3,(H,36,40)/t31-/m0/s1. The van der Waals surface area contributed by atoms with Crippen LogP contribution in [0.2, 0.25) is 10.0 Å². The Labute approximate surface area is 263 Å². The molecule has 43 heavy (non-hydrogen) atoms. The lowest BCUT2D eigenvalue weighted by atomic mass is 10.0. The summed E-state index contributed by atoms with van der Waals surface area (Å²) in [6.07, 6.45) is 0.950. The molecule has 0 aliphatic heterocycles. The van der Waals surface area contributed by atoms with Gasteiger partial charge in [0.15, 0.2) is 0 Å². The second-order valence-electron chi connectivity index (χ2n) is 9.95. The van der Waals surface area contributed by atoms with Crippen LogP contribution in [0.25, 0.3) is 0 Å². The predicted molar refractivity (Wildman–Crippen MR) is 172 cm³/mol. The summed E-state index contributed by atoms with van der Waals surface area (Å²) in [6, 6.07) is 29.7. The average Bonchev–Trinajstić information content (AvgIpc) is 3.02. The lowest BCUT2D eigenvalue weighted by molar-refractivity contribution is -0.140. The van der Waals surface area contributed by atoms with Gasteiger partial charge in [0, 0.05) is 29.6 Å². The average molecular weight is 639 g/mol. The number of nitrogens with zero attached hydrogens (tertiary/aromatic N) is 2. The highest BCUT2D eigenvalue weighted by Gasteiger charge is 2.34. The number of nitrogens with one attached hydrogen (secondary N) is 1. The first-order valence-corrected chi connectivity index (χ1v) is 16.1. The maximum atomic E-state index is 14.4. The summed E-state index contributed by atoms with van der Waals surface area (Å²) >= 11 is 12.4. The zero-order chi connectivity index (χ0) is 30.8. The number of hydrogen-bond donors (Lipinski definition) is 1. The molecule has 0 saturated heterocycles. The highest BCUT2D eigenvalue weighted by atomic mass is 35.5. The van der Waals surface area contributed by atoms with E-state index in [9.17, 15) is 18.0 Å². The number of rotatable bonds is 13. The SMILES string of the molecule is CCCNC(=O)[C@H](Cc1ccccc1)N(Cc1ccc(Cl)cc1)C(=O)CN(c1cccc(Cl)c1)S(=O)(=O)c1ccccc1. The third-order valence-corrected chi connectivity index (χ3v) is 9.07. The first kappa shape index (κ1) is 32.1. The molecule has 0 aromatic heterocycles. The fourth-order valence-corrected chi connectivity index (χ4v) is 6.32. The minimum Gasteiger partial charge on any atom is -0.354 e. The highest BCUT2D eigenvalue weighted by molar-refractivity contribution is 7.92. The number of sulfonamides is 1. The van der Waals surface area contributed by atoms with Gasteiger partial charge in [-0.05, 0) is 60.0 Å². The maximum absolute atomic E-state index is 14.4. The highest BCUT2D eigenvalue weighted by Crippen LogP contribution is 2.27. The lowest BCUT2D eigenvalue weighted by Crippen LogP contribution is -2.53. The van der Waals surface area contributed by atoms with Gasteiger partial charge in [0.1, 0.15) is 12.6 Å². The number of anilines is 1. The molecule has 1 atom stereocenters. The molecule has 4 aromatic carbocycles. The second kappa shape index (κ2) is 15.0. The number of benzene rings is 4. The van der Waals surface area contributed by atoms with Crippen LogP contribution < -0.4 is 9.62 Å². The van der Waals surface area contributed by atoms with E-state index >= 15 is 0 Å². The Morgan fingerprint density at radius 3 is 2.07 bits per heavy atom. The summed E-state index contributed by atoms with van der Waals surface area (Å²) in [4.78, 5) is 29.5. The third-order valence-electron chi connectivity index (χ3n) is 6.79. The van der Waals surface area contributed by atoms with Gasteiger partial charge in [-0.15, -0.1) is 0 Å². The molecule has 224 valence electrons. The summed E-state index contributed by atoms with van der Waals surface area (Å²) in [5.41, 5.74) is 1.82. The maximum Gasteiger partial charge on any atom is 0.264 e. The van der Waals surface area contributed by atoms with E-state index in [0.29, 0.717) is 23.0 Å². The van der Waals surface area contributed by atoms with Crippen LogP contribution in [0.5, 0.6) is 0 Å². The summed E-state index contributed by atoms with van der Waals surface area (Å²) in [5.74, 6) is -0.879. The van der Waals surface area contributed by atoms with Gasteiger partial charge in [0.05, 0.1) is 10.6 Å². The van der Waals surface area contributed by atoms with Gasteiger partial charge in [0.25, 0.3) is 10.0 Å². The number of halogens is 2. The fraction of sp³-hybridized carbons (Fsp3) is 0.212. The molecule has 0 radical (unpaired) electrons. The molecule has 0 aliphatic carbocycles. The van der Waals surface area contributed by atoms with Gasteiger partial charge in [-0.2, -0.15) is 0 Å². The molecular weight excluding hydrogens is 605 g/mol. The summed E-state index contributed by atoms with van der Waals surface area (Å²) in [5, 5.41) is 3.78. The van der Waals surface area contributed by atoms with Crippen LogP contribution in [0.3, 0.4) is 0 Å². The molecule has 0 heterocycles. The van der Waals surface area contributed by atoms with E-state index in [2.05, 4.69) is 5.32 Å². The van der Waals surface area contributed by atoms with Crippen molar-refractivity contribution in [3.8, 4) is 0 Å². The van der Waals surface area contributed by atoms with Crippen LogP contribution >= 0.6 is 23.2 Å². The minimum atomic E-state index is -4.19. The van der Waals surface area contributed by atoms with Crippen LogP contribution in [-0.2, 0) is 32.6 Å². The molecule has 10 heteroatoms. The Kier molecular flexibility index (Phi) is 11.2. The van der Waals surface area contributed by atoms with Gasteiger partial charge in [0.2, 0.25) is 11.8 Å². The van der Waals surface area contributed by atoms with E-state index in [-0.39, 0.29) is 29.5 Å². The fourth-order valence-electron chi connectivity index (χ4n) is 4.59. The Morgan fingerprint density at radius 1 is 0.791 bits per heavy atom. The van der Waals surface area contributed by atoms with Crippen LogP contribution in [0.4, 0.5) is 5.69 Å². The Bertz CT molecular complexity index is 1620. The number of amides is 2. The number of carbonyl (C=O) groups is 2. The molecule has 0 saturated carbocycles. The van der Waals surface area contributed by atoms with Gasteiger partial charge < -0.3 is 10.2 Å². The predicted octanol–water partition coefficient (Wildman–Crippen LogP) is 6.36. The molecule has 4 rings (SSSR count). The van der Waals surface area contributed by atoms with E-state index in [4.69, 9.17) is 23.2 Å². The quantitative estimate of drug-likeness (QED) is 0.185. The smallest absolute Gasteiger partial charge is 0.264 e. The van der Waals surface area contributed by atoms with Crippen LogP contribution in [0.1, 0.15) is 24.5 Å². The zero-order valence-electron chi connectivity index (χ0n) is 23.7. The van der Waals surface area contributed by atoms with Gasteiger partial charge >= 0.3 is 0 Å². The van der Waals surface area contributed by atoms with E-state index < -0.39 is 28.5 Å². The summed E-state index contributed by atoms with van der Waals surface area (Å²) in [6.45, 7) is 1.88. The second-order valence-corrected chi connectivity index (χ2v) is 12.7. The van der Waals surface area contributed by atoms with Crippen molar-refractivity contribution in [3.05, 3.63) is 130 Å². The van der Waals surface area contributed by atoms with Gasteiger partial charge in [-0.25, -0.2) is 8.42 Å². The monoisotopic (exact) mass is 637 g/mol. The molecule has 0 spiro atoms. The zero-order valence-corrected chi connectivity index (χ0v) is 26.0. The minimum absolute atomic E-state index is 0.0218. The molecule has 0 bridgehead atoms. The first-order valence-electron chi connectivity index (χ1n) is 13.9. The number of carbonyl (C=O) groups excluding carboxylic acids is 2. The summed E-state index contributed by atoms with van der Waals surface area (Å²) < 4.78 is 28.9. The van der Waals surface area contributed by atoms with E-state index in [1.807, 2.05) is 37.3 Å². The van der Waals surface area contributed by atoms with Crippen molar-refractivity contribution < 1.29 is 18.0 Å².